The molecule has 144 valence electrons. The van der Waals surface area contributed by atoms with Crippen molar-refractivity contribution in [3.8, 4) is 5.75 Å². The van der Waals surface area contributed by atoms with Crippen LogP contribution in [0.25, 0.3) is 11.0 Å². The summed E-state index contributed by atoms with van der Waals surface area (Å²) in [6, 6.07) is 14.7. The molecule has 0 aliphatic carbocycles. The van der Waals surface area contributed by atoms with Gasteiger partial charge in [-0.2, -0.15) is 0 Å². The van der Waals surface area contributed by atoms with Crippen LogP contribution in [-0.4, -0.2) is 24.0 Å². The molecule has 3 aromatic rings. The minimum absolute atomic E-state index is 0.0424. The molecule has 2 aromatic carbocycles. The molecule has 6 heteroatoms. The maximum atomic E-state index is 12.7. The number of hydrogen-bond donors (Lipinski definition) is 0. The Bertz CT molecular complexity index is 1080. The van der Waals surface area contributed by atoms with Crippen molar-refractivity contribution in [2.24, 2.45) is 0 Å². The summed E-state index contributed by atoms with van der Waals surface area (Å²) < 4.78 is 15.9. The first kappa shape index (κ1) is 19.4. The number of ether oxygens (including phenoxy) is 2. The number of ketones is 1. The van der Waals surface area contributed by atoms with Crippen molar-refractivity contribution < 1.29 is 23.5 Å². The minimum atomic E-state index is -1.17. The number of para-hydroxylation sites is 1. The van der Waals surface area contributed by atoms with Gasteiger partial charge in [-0.3, -0.25) is 4.79 Å². The van der Waals surface area contributed by atoms with Crippen molar-refractivity contribution >= 4 is 22.7 Å². The van der Waals surface area contributed by atoms with Crippen molar-refractivity contribution in [1.82, 2.24) is 0 Å². The van der Waals surface area contributed by atoms with Crippen LogP contribution >= 0.6 is 0 Å². The van der Waals surface area contributed by atoms with Crippen LogP contribution < -0.4 is 10.4 Å². The molecule has 0 aliphatic heterocycles. The fourth-order valence-corrected chi connectivity index (χ4v) is 2.69. The predicted molar refractivity (Wildman–Crippen MR) is 104 cm³/mol. The fourth-order valence-electron chi connectivity index (χ4n) is 2.69. The molecule has 1 aromatic heterocycles. The molecule has 0 N–H and O–H groups in total. The van der Waals surface area contributed by atoms with Gasteiger partial charge in [0.05, 0.1) is 6.61 Å². The molecule has 0 bridgehead atoms. The van der Waals surface area contributed by atoms with Crippen LogP contribution in [0.2, 0.25) is 0 Å². The summed E-state index contributed by atoms with van der Waals surface area (Å²) in [6.07, 6.45) is 0. The smallest absolute Gasteiger partial charge is 0.349 e. The lowest BCUT2D eigenvalue weighted by Crippen LogP contribution is -2.39. The summed E-state index contributed by atoms with van der Waals surface area (Å²) in [4.78, 5) is 36.8. The summed E-state index contributed by atoms with van der Waals surface area (Å²) in [5, 5.41) is 0.668. The highest BCUT2D eigenvalue weighted by Gasteiger charge is 2.31. The Morgan fingerprint density at radius 3 is 2.39 bits per heavy atom. The highest BCUT2D eigenvalue weighted by molar-refractivity contribution is 6.09. The van der Waals surface area contributed by atoms with Crippen molar-refractivity contribution in [2.45, 2.75) is 26.4 Å². The summed E-state index contributed by atoms with van der Waals surface area (Å²) >= 11 is 0. The lowest BCUT2D eigenvalue weighted by Gasteiger charge is -2.24. The summed E-state index contributed by atoms with van der Waals surface area (Å²) in [7, 11) is 0. The van der Waals surface area contributed by atoms with Gasteiger partial charge in [-0.25, -0.2) is 9.59 Å². The first-order chi connectivity index (χ1) is 13.3. The number of esters is 1. The molecule has 0 amide bonds. The van der Waals surface area contributed by atoms with Gasteiger partial charge in [0, 0.05) is 10.9 Å². The molecule has 0 aliphatic rings. The third-order valence-corrected chi connectivity index (χ3v) is 4.14. The quantitative estimate of drug-likeness (QED) is 0.368. The zero-order chi connectivity index (χ0) is 20.3. The second-order valence-electron chi connectivity index (χ2n) is 6.67. The maximum absolute atomic E-state index is 12.7. The van der Waals surface area contributed by atoms with Crippen LogP contribution in [0.4, 0.5) is 0 Å². The number of fused-ring (bicyclic) bond motifs is 1. The molecule has 6 nitrogen and oxygen atoms in total. The van der Waals surface area contributed by atoms with Crippen LogP contribution in [0.5, 0.6) is 5.75 Å². The van der Waals surface area contributed by atoms with E-state index in [-0.39, 0.29) is 12.2 Å². The summed E-state index contributed by atoms with van der Waals surface area (Å²) in [6.45, 7) is 5.18. The van der Waals surface area contributed by atoms with Gasteiger partial charge in [-0.15, -0.1) is 0 Å². The largest absolute Gasteiger partial charge is 0.476 e. The van der Waals surface area contributed by atoms with Crippen LogP contribution in [0.1, 0.15) is 36.7 Å². The van der Waals surface area contributed by atoms with E-state index in [1.54, 1.807) is 57.2 Å². The van der Waals surface area contributed by atoms with E-state index in [1.807, 2.05) is 0 Å². The van der Waals surface area contributed by atoms with E-state index in [9.17, 15) is 14.4 Å². The van der Waals surface area contributed by atoms with Crippen molar-refractivity contribution in [3.05, 3.63) is 76.1 Å². The fraction of sp³-hybridized carbons (Fsp3) is 0.227. The molecule has 0 spiro atoms. The maximum Gasteiger partial charge on any atom is 0.349 e. The second-order valence-corrected chi connectivity index (χ2v) is 6.67. The normalized spacial score (nSPS) is 11.2. The molecule has 0 saturated carbocycles. The Morgan fingerprint density at radius 1 is 1.04 bits per heavy atom. The van der Waals surface area contributed by atoms with E-state index < -0.39 is 23.0 Å². The van der Waals surface area contributed by atoms with E-state index in [0.717, 1.165) is 0 Å². The first-order valence-electron chi connectivity index (χ1n) is 8.85. The lowest BCUT2D eigenvalue weighted by molar-refractivity contribution is -0.158. The average molecular weight is 380 g/mol. The minimum Gasteiger partial charge on any atom is -0.476 e. The van der Waals surface area contributed by atoms with Crippen LogP contribution in [0, 0.1) is 0 Å². The van der Waals surface area contributed by atoms with Crippen molar-refractivity contribution in [1.29, 1.82) is 0 Å². The Hall–Kier alpha value is -3.41. The molecule has 0 unspecified atom stereocenters. The Balaban J connectivity index is 1.84. The Labute approximate surface area is 161 Å². The van der Waals surface area contributed by atoms with Crippen molar-refractivity contribution in [2.75, 3.05) is 6.61 Å². The Morgan fingerprint density at radius 2 is 1.71 bits per heavy atom. The van der Waals surface area contributed by atoms with Gasteiger partial charge in [0.25, 0.3) is 0 Å². The number of carbonyl (C=O) groups excluding carboxylic acids is 2. The predicted octanol–water partition coefficient (Wildman–Crippen LogP) is 3.74. The number of benzene rings is 2. The standard InChI is InChI=1S/C22H20O6/c1-4-26-21(25)22(2,3)28-16-11-9-14(10-12-16)19(23)17-13-15-7-5-6-8-18(15)27-20(17)24/h5-13H,4H2,1-3H3. The highest BCUT2D eigenvalue weighted by atomic mass is 16.6. The van der Waals surface area contributed by atoms with Crippen molar-refractivity contribution in [3.63, 3.8) is 0 Å². The topological polar surface area (TPSA) is 82.8 Å². The molecular weight excluding hydrogens is 360 g/mol. The first-order valence-corrected chi connectivity index (χ1v) is 8.85. The van der Waals surface area contributed by atoms with Gasteiger partial charge < -0.3 is 13.9 Å². The van der Waals surface area contributed by atoms with E-state index in [4.69, 9.17) is 13.9 Å². The summed E-state index contributed by atoms with van der Waals surface area (Å²) in [5.41, 5.74) is -1.16. The van der Waals surface area contributed by atoms with Gasteiger partial charge in [0.15, 0.2) is 11.4 Å². The Kier molecular flexibility index (Phi) is 5.31. The van der Waals surface area contributed by atoms with E-state index in [2.05, 4.69) is 0 Å². The van der Waals surface area contributed by atoms with E-state index in [0.29, 0.717) is 22.3 Å². The molecule has 0 fully saturated rings. The zero-order valence-corrected chi connectivity index (χ0v) is 15.9. The number of carbonyl (C=O) groups is 2. The second kappa shape index (κ2) is 7.68. The van der Waals surface area contributed by atoms with Gasteiger partial charge in [-0.05, 0) is 57.2 Å². The third-order valence-electron chi connectivity index (χ3n) is 4.14. The monoisotopic (exact) mass is 380 g/mol. The van der Waals surface area contributed by atoms with Gasteiger partial charge in [-0.1, -0.05) is 18.2 Å². The van der Waals surface area contributed by atoms with Crippen LogP contribution in [0.15, 0.2) is 63.8 Å². The van der Waals surface area contributed by atoms with Gasteiger partial charge in [0.2, 0.25) is 0 Å². The van der Waals surface area contributed by atoms with Gasteiger partial charge >= 0.3 is 11.6 Å². The lowest BCUT2D eigenvalue weighted by atomic mass is 10.0. The van der Waals surface area contributed by atoms with E-state index >= 15 is 0 Å². The number of rotatable bonds is 6. The molecule has 3 rings (SSSR count). The van der Waals surface area contributed by atoms with E-state index in [1.165, 1.54) is 18.2 Å². The molecule has 0 atom stereocenters. The van der Waals surface area contributed by atoms with Gasteiger partial charge in [0.1, 0.15) is 16.9 Å². The van der Waals surface area contributed by atoms with Crippen LogP contribution in [0.3, 0.4) is 0 Å². The molecular formula is C22H20O6. The summed E-state index contributed by atoms with van der Waals surface area (Å²) in [5.74, 6) is -0.528. The average Bonchev–Trinajstić information content (AvgIpc) is 2.67. The molecule has 0 saturated heterocycles. The SMILES string of the molecule is CCOC(=O)C(C)(C)Oc1ccc(C(=O)c2cc3ccccc3oc2=O)cc1. The molecule has 0 radical (unpaired) electrons. The molecule has 28 heavy (non-hydrogen) atoms. The van der Waals surface area contributed by atoms with Crippen LogP contribution in [-0.2, 0) is 9.53 Å². The highest BCUT2D eigenvalue weighted by Crippen LogP contribution is 2.22. The zero-order valence-electron chi connectivity index (χ0n) is 15.9. The number of hydrogen-bond acceptors (Lipinski definition) is 6. The molecule has 1 heterocycles. The third kappa shape index (κ3) is 3.96.